The summed E-state index contributed by atoms with van der Waals surface area (Å²) >= 11 is 6.04. The van der Waals surface area contributed by atoms with E-state index in [0.29, 0.717) is 22.9 Å². The maximum Gasteiger partial charge on any atom is 0.162 e. The third kappa shape index (κ3) is 3.73. The first kappa shape index (κ1) is 19.1. The summed E-state index contributed by atoms with van der Waals surface area (Å²) in [7, 11) is 1.84. The molecule has 2 N–H and O–H groups in total. The minimum Gasteiger partial charge on any atom is -0.506 e. The fourth-order valence-corrected chi connectivity index (χ4v) is 3.36. The lowest BCUT2D eigenvalue weighted by Gasteiger charge is -2.11. The predicted octanol–water partition coefficient (Wildman–Crippen LogP) is 5.22. The molecular weight excluding hydrogens is 393 g/mol. The van der Waals surface area contributed by atoms with Crippen molar-refractivity contribution < 1.29 is 9.50 Å². The lowest BCUT2D eigenvalue weighted by atomic mass is 10.2. The van der Waals surface area contributed by atoms with Gasteiger partial charge in [0.2, 0.25) is 0 Å². The van der Waals surface area contributed by atoms with Crippen LogP contribution in [0, 0.1) is 5.82 Å². The molecule has 0 amide bonds. The van der Waals surface area contributed by atoms with Crippen molar-refractivity contribution in [2.24, 2.45) is 7.05 Å². The minimum atomic E-state index is -0.319. The van der Waals surface area contributed by atoms with E-state index in [0.717, 1.165) is 29.6 Å². The number of aryl methyl sites for hydroxylation is 2. The van der Waals surface area contributed by atoms with Crippen LogP contribution in [0.3, 0.4) is 0 Å². The van der Waals surface area contributed by atoms with E-state index in [-0.39, 0.29) is 16.6 Å². The van der Waals surface area contributed by atoms with Gasteiger partial charge in [-0.2, -0.15) is 5.10 Å². The van der Waals surface area contributed by atoms with E-state index in [1.54, 1.807) is 28.9 Å². The zero-order valence-corrected chi connectivity index (χ0v) is 16.7. The van der Waals surface area contributed by atoms with Gasteiger partial charge in [0.15, 0.2) is 11.6 Å². The average molecular weight is 412 g/mol. The second-order valence-electron chi connectivity index (χ2n) is 6.71. The Morgan fingerprint density at radius 3 is 2.59 bits per heavy atom. The van der Waals surface area contributed by atoms with Gasteiger partial charge in [-0.3, -0.25) is 4.68 Å². The van der Waals surface area contributed by atoms with Gasteiger partial charge in [-0.15, -0.1) is 0 Å². The molecule has 0 bridgehead atoms. The first-order valence-corrected chi connectivity index (χ1v) is 9.59. The molecule has 0 spiro atoms. The van der Waals surface area contributed by atoms with Crippen molar-refractivity contribution in [1.29, 1.82) is 0 Å². The van der Waals surface area contributed by atoms with Gasteiger partial charge in [-0.05, 0) is 48.9 Å². The molecule has 2 heterocycles. The number of nitrogens with zero attached hydrogens (tertiary/aromatic N) is 4. The van der Waals surface area contributed by atoms with Gasteiger partial charge in [0.25, 0.3) is 0 Å². The Bertz CT molecular complexity index is 1190. The van der Waals surface area contributed by atoms with Crippen LogP contribution >= 0.6 is 11.6 Å². The summed E-state index contributed by atoms with van der Waals surface area (Å²) in [4.78, 5) is 9.40. The highest BCUT2D eigenvalue weighted by Crippen LogP contribution is 2.32. The van der Waals surface area contributed by atoms with E-state index in [1.807, 2.05) is 7.05 Å². The molecule has 0 saturated heterocycles. The van der Waals surface area contributed by atoms with Gasteiger partial charge in [0.1, 0.15) is 22.6 Å². The number of anilines is 2. The number of fused-ring (bicyclic) bond motifs is 1. The Kier molecular flexibility index (Phi) is 5.07. The van der Waals surface area contributed by atoms with Gasteiger partial charge in [0.05, 0.1) is 10.7 Å². The number of phenolic OH excluding ortho intramolecular Hbond substituents is 1. The molecule has 29 heavy (non-hydrogen) atoms. The van der Waals surface area contributed by atoms with Crippen LogP contribution in [0.25, 0.3) is 22.4 Å². The van der Waals surface area contributed by atoms with Crippen molar-refractivity contribution in [3.63, 3.8) is 0 Å². The summed E-state index contributed by atoms with van der Waals surface area (Å²) in [6, 6.07) is 10.9. The highest BCUT2D eigenvalue weighted by atomic mass is 35.5. The summed E-state index contributed by atoms with van der Waals surface area (Å²) in [5.74, 6) is 0.700. The second kappa shape index (κ2) is 7.67. The number of nitrogens with one attached hydrogen (secondary N) is 1. The van der Waals surface area contributed by atoms with Gasteiger partial charge in [-0.25, -0.2) is 14.4 Å². The van der Waals surface area contributed by atoms with Crippen LogP contribution in [0.5, 0.6) is 5.75 Å². The molecule has 6 nitrogen and oxygen atoms in total. The average Bonchev–Trinajstić information content (AvgIpc) is 3.01. The van der Waals surface area contributed by atoms with Crippen LogP contribution in [0.1, 0.15) is 19.0 Å². The molecular formula is C21H19ClFN5O. The molecule has 0 atom stereocenters. The molecule has 0 aliphatic heterocycles. The maximum absolute atomic E-state index is 13.4. The Balaban J connectivity index is 1.90. The molecule has 0 fully saturated rings. The van der Waals surface area contributed by atoms with E-state index >= 15 is 0 Å². The SMILES string of the molecule is CCCc1nn(C)c2c(Nc3ccc(O)c(Cl)c3)nc(-c3ccc(F)cc3)nc12. The first-order valence-electron chi connectivity index (χ1n) is 9.21. The minimum absolute atomic E-state index is 0.00261. The number of halogens is 2. The van der Waals surface area contributed by atoms with Crippen LogP contribution in [0.4, 0.5) is 15.9 Å². The Hall–Kier alpha value is -3.19. The molecule has 2 aromatic heterocycles. The van der Waals surface area contributed by atoms with E-state index in [4.69, 9.17) is 16.6 Å². The molecule has 2 aromatic carbocycles. The van der Waals surface area contributed by atoms with Gasteiger partial charge in [0, 0.05) is 18.3 Å². The third-order valence-corrected chi connectivity index (χ3v) is 4.85. The topological polar surface area (TPSA) is 75.9 Å². The molecule has 0 radical (unpaired) electrons. The molecule has 148 valence electrons. The summed E-state index contributed by atoms with van der Waals surface area (Å²) in [5.41, 5.74) is 3.74. The first-order chi connectivity index (χ1) is 14.0. The molecule has 0 aliphatic carbocycles. The number of hydrogen-bond acceptors (Lipinski definition) is 5. The number of hydrogen-bond donors (Lipinski definition) is 2. The molecule has 4 rings (SSSR count). The summed E-state index contributed by atoms with van der Waals surface area (Å²) < 4.78 is 15.1. The summed E-state index contributed by atoms with van der Waals surface area (Å²) in [5, 5.41) is 17.8. The Morgan fingerprint density at radius 2 is 1.90 bits per heavy atom. The van der Waals surface area contributed by atoms with Crippen LogP contribution in [0.2, 0.25) is 5.02 Å². The highest BCUT2D eigenvalue weighted by Gasteiger charge is 2.18. The number of phenols is 1. The third-order valence-electron chi connectivity index (χ3n) is 4.55. The lowest BCUT2D eigenvalue weighted by molar-refractivity contribution is 0.475. The van der Waals surface area contributed by atoms with Crippen molar-refractivity contribution in [2.75, 3.05) is 5.32 Å². The normalized spacial score (nSPS) is 11.2. The standard InChI is InChI=1S/C21H19ClFN5O/c1-3-4-16-18-19(28(2)27-16)21(24-14-9-10-17(29)15(22)11-14)26-20(25-18)12-5-7-13(23)8-6-12/h5-11,29H,3-4H2,1-2H3,(H,24,25,26). The van der Waals surface area contributed by atoms with Crippen molar-refractivity contribution in [2.45, 2.75) is 19.8 Å². The second-order valence-corrected chi connectivity index (χ2v) is 7.12. The fraction of sp³-hybridized carbons (Fsp3) is 0.190. The molecule has 8 heteroatoms. The van der Waals surface area contributed by atoms with Gasteiger partial charge >= 0.3 is 0 Å². The lowest BCUT2D eigenvalue weighted by Crippen LogP contribution is -2.02. The molecule has 0 saturated carbocycles. The van der Waals surface area contributed by atoms with Crippen LogP contribution in [-0.4, -0.2) is 24.9 Å². The monoisotopic (exact) mass is 411 g/mol. The van der Waals surface area contributed by atoms with Crippen molar-refractivity contribution in [3.05, 3.63) is 59.0 Å². The predicted molar refractivity (Wildman–Crippen MR) is 112 cm³/mol. The van der Waals surface area contributed by atoms with Crippen molar-refractivity contribution in [1.82, 2.24) is 19.7 Å². The fourth-order valence-electron chi connectivity index (χ4n) is 3.18. The maximum atomic E-state index is 13.4. The van der Waals surface area contributed by atoms with E-state index in [1.165, 1.54) is 18.2 Å². The quantitative estimate of drug-likeness (QED) is 0.440. The van der Waals surface area contributed by atoms with Gasteiger partial charge < -0.3 is 10.4 Å². The largest absolute Gasteiger partial charge is 0.506 e. The Morgan fingerprint density at radius 1 is 1.14 bits per heavy atom. The van der Waals surface area contributed by atoms with Crippen LogP contribution in [0.15, 0.2) is 42.5 Å². The van der Waals surface area contributed by atoms with E-state index < -0.39 is 0 Å². The number of aromatic hydroxyl groups is 1. The van der Waals surface area contributed by atoms with E-state index in [9.17, 15) is 9.50 Å². The zero-order chi connectivity index (χ0) is 20.5. The van der Waals surface area contributed by atoms with E-state index in [2.05, 4.69) is 22.3 Å². The van der Waals surface area contributed by atoms with Crippen molar-refractivity contribution in [3.8, 4) is 17.1 Å². The smallest absolute Gasteiger partial charge is 0.162 e. The summed E-state index contributed by atoms with van der Waals surface area (Å²) in [6.45, 7) is 2.08. The van der Waals surface area contributed by atoms with Crippen LogP contribution in [-0.2, 0) is 13.5 Å². The van der Waals surface area contributed by atoms with Crippen LogP contribution < -0.4 is 5.32 Å². The Labute approximate surface area is 172 Å². The molecule has 4 aromatic rings. The number of rotatable bonds is 5. The zero-order valence-electron chi connectivity index (χ0n) is 15.9. The number of aromatic nitrogens is 4. The highest BCUT2D eigenvalue weighted by molar-refractivity contribution is 6.32. The summed E-state index contributed by atoms with van der Waals surface area (Å²) in [6.07, 6.45) is 1.71. The van der Waals surface area contributed by atoms with Gasteiger partial charge in [-0.1, -0.05) is 24.9 Å². The molecule has 0 aliphatic rings. The van der Waals surface area contributed by atoms with Crippen molar-refractivity contribution >= 4 is 34.1 Å². The number of benzene rings is 2. The molecule has 0 unspecified atom stereocenters.